The summed E-state index contributed by atoms with van der Waals surface area (Å²) in [6.45, 7) is 1.17. The number of rotatable bonds is 3. The van der Waals surface area contributed by atoms with Gasteiger partial charge in [-0.05, 0) is 72.7 Å². The molecule has 2 aliphatic rings. The molecular weight excluding hydrogens is 412 g/mol. The van der Waals surface area contributed by atoms with E-state index in [-0.39, 0.29) is 23.6 Å². The molecule has 1 unspecified atom stereocenters. The summed E-state index contributed by atoms with van der Waals surface area (Å²) in [7, 11) is 0. The van der Waals surface area contributed by atoms with Crippen LogP contribution in [0.2, 0.25) is 0 Å². The first-order chi connectivity index (χ1) is 16.1. The standard InChI is InChI=1S/C28H28N2O3/c31-26-10-4-3-8-21-17-23(13-14-25(21)26)28(33)30-15-5-9-24(18-30)29-27(32)22-12-11-19-6-1-2-7-20(19)16-22/h1-2,6-7,11-14,16-17,24H,3-5,8-10,15,18H2,(H,29,32). The Morgan fingerprint density at radius 1 is 0.848 bits per heavy atom. The van der Waals surface area contributed by atoms with Crippen molar-refractivity contribution in [3.8, 4) is 0 Å². The first kappa shape index (κ1) is 21.4. The van der Waals surface area contributed by atoms with Crippen LogP contribution in [0.3, 0.4) is 0 Å². The monoisotopic (exact) mass is 440 g/mol. The Morgan fingerprint density at radius 2 is 1.64 bits per heavy atom. The Hall–Kier alpha value is -3.47. The van der Waals surface area contributed by atoms with Gasteiger partial charge in [0.05, 0.1) is 0 Å². The van der Waals surface area contributed by atoms with Gasteiger partial charge in [0.15, 0.2) is 5.78 Å². The highest BCUT2D eigenvalue weighted by Crippen LogP contribution is 2.23. The second kappa shape index (κ2) is 9.18. The number of benzene rings is 3. The van der Waals surface area contributed by atoms with Crippen molar-refractivity contribution in [1.82, 2.24) is 10.2 Å². The number of carbonyl (C=O) groups is 3. The van der Waals surface area contributed by atoms with Gasteiger partial charge in [0.25, 0.3) is 11.8 Å². The van der Waals surface area contributed by atoms with Crippen LogP contribution in [0.15, 0.2) is 60.7 Å². The van der Waals surface area contributed by atoms with E-state index in [1.807, 2.05) is 59.5 Å². The van der Waals surface area contributed by atoms with Gasteiger partial charge < -0.3 is 10.2 Å². The molecule has 1 heterocycles. The molecule has 5 rings (SSSR count). The Labute approximate surface area is 193 Å². The Morgan fingerprint density at radius 3 is 2.52 bits per heavy atom. The average molecular weight is 441 g/mol. The van der Waals surface area contributed by atoms with Gasteiger partial charge in [-0.15, -0.1) is 0 Å². The summed E-state index contributed by atoms with van der Waals surface area (Å²) in [4.78, 5) is 40.2. The van der Waals surface area contributed by atoms with Gasteiger partial charge in [0.1, 0.15) is 0 Å². The molecule has 1 aliphatic carbocycles. The van der Waals surface area contributed by atoms with Crippen LogP contribution in [0.1, 0.15) is 68.7 Å². The molecule has 3 aromatic carbocycles. The minimum Gasteiger partial charge on any atom is -0.348 e. The number of amides is 2. The molecular formula is C28H28N2O3. The summed E-state index contributed by atoms with van der Waals surface area (Å²) in [5.41, 5.74) is 3.02. The summed E-state index contributed by atoms with van der Waals surface area (Å²) in [6.07, 6.45) is 5.00. The molecule has 1 fully saturated rings. The smallest absolute Gasteiger partial charge is 0.253 e. The third kappa shape index (κ3) is 4.54. The van der Waals surface area contributed by atoms with Crippen molar-refractivity contribution in [2.45, 2.75) is 44.6 Å². The van der Waals surface area contributed by atoms with Gasteiger partial charge in [-0.1, -0.05) is 36.4 Å². The molecule has 0 spiro atoms. The number of hydrogen-bond acceptors (Lipinski definition) is 3. The van der Waals surface area contributed by atoms with E-state index in [1.165, 1.54) is 0 Å². The summed E-state index contributed by atoms with van der Waals surface area (Å²) in [6, 6.07) is 19.1. The van der Waals surface area contributed by atoms with E-state index >= 15 is 0 Å². The molecule has 0 saturated carbocycles. The van der Waals surface area contributed by atoms with Crippen LogP contribution in [0.5, 0.6) is 0 Å². The predicted octanol–water partition coefficient (Wildman–Crippen LogP) is 4.78. The van der Waals surface area contributed by atoms with E-state index < -0.39 is 0 Å². The fraction of sp³-hybridized carbons (Fsp3) is 0.321. The van der Waals surface area contributed by atoms with Gasteiger partial charge in [0.2, 0.25) is 0 Å². The van der Waals surface area contributed by atoms with Crippen molar-refractivity contribution < 1.29 is 14.4 Å². The third-order valence-electron chi connectivity index (χ3n) is 6.81. The summed E-state index contributed by atoms with van der Waals surface area (Å²) >= 11 is 0. The lowest BCUT2D eigenvalue weighted by atomic mass is 9.98. The molecule has 0 radical (unpaired) electrons. The number of Topliss-reactive ketones (excluding diaryl/α,β-unsaturated/α-hetero) is 1. The predicted molar refractivity (Wildman–Crippen MR) is 129 cm³/mol. The minimum absolute atomic E-state index is 0.0286. The number of likely N-dealkylation sites (tertiary alicyclic amines) is 1. The highest BCUT2D eigenvalue weighted by Gasteiger charge is 2.27. The van der Waals surface area contributed by atoms with Crippen molar-refractivity contribution >= 4 is 28.4 Å². The number of fused-ring (bicyclic) bond motifs is 2. The van der Waals surface area contributed by atoms with Crippen LogP contribution in [0.4, 0.5) is 0 Å². The summed E-state index contributed by atoms with van der Waals surface area (Å²) < 4.78 is 0. The number of carbonyl (C=O) groups excluding carboxylic acids is 3. The van der Waals surface area contributed by atoms with E-state index in [9.17, 15) is 14.4 Å². The van der Waals surface area contributed by atoms with Crippen LogP contribution in [0, 0.1) is 0 Å². The second-order valence-electron chi connectivity index (χ2n) is 9.13. The Kier molecular flexibility index (Phi) is 5.95. The van der Waals surface area contributed by atoms with Crippen LogP contribution < -0.4 is 5.32 Å². The first-order valence-corrected chi connectivity index (χ1v) is 11.8. The lowest BCUT2D eigenvalue weighted by Gasteiger charge is -2.33. The fourth-order valence-corrected chi connectivity index (χ4v) is 5.00. The van der Waals surface area contributed by atoms with Gasteiger partial charge in [-0.2, -0.15) is 0 Å². The van der Waals surface area contributed by atoms with Crippen molar-refractivity contribution in [2.24, 2.45) is 0 Å². The van der Waals surface area contributed by atoms with Crippen molar-refractivity contribution in [3.63, 3.8) is 0 Å². The molecule has 5 heteroatoms. The molecule has 2 amide bonds. The minimum atomic E-state index is -0.108. The number of nitrogens with one attached hydrogen (secondary N) is 1. The van der Waals surface area contributed by atoms with Crippen LogP contribution in [0.25, 0.3) is 10.8 Å². The molecule has 5 nitrogen and oxygen atoms in total. The van der Waals surface area contributed by atoms with Gasteiger partial charge >= 0.3 is 0 Å². The van der Waals surface area contributed by atoms with E-state index in [2.05, 4.69) is 5.32 Å². The molecule has 1 atom stereocenters. The molecule has 168 valence electrons. The highest BCUT2D eigenvalue weighted by molar-refractivity contribution is 6.01. The maximum atomic E-state index is 13.2. The number of hydrogen-bond donors (Lipinski definition) is 1. The van der Waals surface area contributed by atoms with E-state index in [4.69, 9.17) is 0 Å². The SMILES string of the molecule is O=C(NC1CCCN(C(=O)c2ccc3c(c2)CCCCC3=O)C1)c1ccc2ccccc2c1. The highest BCUT2D eigenvalue weighted by atomic mass is 16.2. The summed E-state index contributed by atoms with van der Waals surface area (Å²) in [5, 5.41) is 5.26. The molecule has 1 aliphatic heterocycles. The quantitative estimate of drug-likeness (QED) is 0.596. The zero-order valence-corrected chi connectivity index (χ0v) is 18.7. The topological polar surface area (TPSA) is 66.5 Å². The third-order valence-corrected chi connectivity index (χ3v) is 6.81. The van der Waals surface area contributed by atoms with E-state index in [0.29, 0.717) is 30.6 Å². The second-order valence-corrected chi connectivity index (χ2v) is 9.13. The molecule has 1 N–H and O–H groups in total. The largest absolute Gasteiger partial charge is 0.348 e. The first-order valence-electron chi connectivity index (χ1n) is 11.8. The van der Waals surface area contributed by atoms with Crippen molar-refractivity contribution in [2.75, 3.05) is 13.1 Å². The van der Waals surface area contributed by atoms with Gasteiger partial charge in [-0.25, -0.2) is 0 Å². The molecule has 1 saturated heterocycles. The summed E-state index contributed by atoms with van der Waals surface area (Å²) in [5.74, 6) is 0.0404. The Balaban J connectivity index is 1.27. The fourth-order valence-electron chi connectivity index (χ4n) is 5.00. The molecule has 0 aromatic heterocycles. The van der Waals surface area contributed by atoms with Crippen LogP contribution >= 0.6 is 0 Å². The van der Waals surface area contributed by atoms with Crippen LogP contribution in [-0.4, -0.2) is 41.6 Å². The molecule has 3 aromatic rings. The van der Waals surface area contributed by atoms with E-state index in [0.717, 1.165) is 54.0 Å². The van der Waals surface area contributed by atoms with Gasteiger partial charge in [-0.3, -0.25) is 14.4 Å². The Bertz CT molecular complexity index is 1230. The zero-order valence-electron chi connectivity index (χ0n) is 18.7. The number of piperidine rings is 1. The number of aryl methyl sites for hydroxylation is 1. The number of ketones is 1. The lowest BCUT2D eigenvalue weighted by Crippen LogP contribution is -2.49. The van der Waals surface area contributed by atoms with Crippen LogP contribution in [-0.2, 0) is 6.42 Å². The van der Waals surface area contributed by atoms with E-state index in [1.54, 1.807) is 6.07 Å². The molecule has 33 heavy (non-hydrogen) atoms. The number of nitrogens with zero attached hydrogens (tertiary/aromatic N) is 1. The zero-order chi connectivity index (χ0) is 22.8. The van der Waals surface area contributed by atoms with Gasteiger partial charge in [0, 0.05) is 42.2 Å². The van der Waals surface area contributed by atoms with Crippen molar-refractivity contribution in [1.29, 1.82) is 0 Å². The van der Waals surface area contributed by atoms with Crippen molar-refractivity contribution in [3.05, 3.63) is 82.9 Å². The molecule has 0 bridgehead atoms. The maximum Gasteiger partial charge on any atom is 0.253 e. The lowest BCUT2D eigenvalue weighted by molar-refractivity contribution is 0.0675. The average Bonchev–Trinajstić information content (AvgIpc) is 3.04. The normalized spacial score (nSPS) is 18.5. The maximum absolute atomic E-state index is 13.2.